The van der Waals surface area contributed by atoms with Gasteiger partial charge in [0.1, 0.15) is 12.3 Å². The zero-order valence-electron chi connectivity index (χ0n) is 10.4. The van der Waals surface area contributed by atoms with Crippen LogP contribution >= 0.6 is 11.6 Å². The first-order chi connectivity index (χ1) is 9.06. The molecule has 0 bridgehead atoms. The molecule has 3 heterocycles. The van der Waals surface area contributed by atoms with Crippen LogP contribution in [0, 0.1) is 13.8 Å². The van der Waals surface area contributed by atoms with E-state index in [1.54, 1.807) is 18.3 Å². The standard InChI is InChI=1S/C12H11ClN4O2/c1-7-8(2)19-10(14-7)6-17-12(18)16-5-3-4-9(13)11(16)15-17/h3-5H,6H2,1-2H3. The maximum absolute atomic E-state index is 12.1. The summed E-state index contributed by atoms with van der Waals surface area (Å²) in [5.41, 5.74) is 0.963. The quantitative estimate of drug-likeness (QED) is 0.717. The van der Waals surface area contributed by atoms with Crippen molar-refractivity contribution in [2.75, 3.05) is 0 Å². The van der Waals surface area contributed by atoms with Crippen LogP contribution in [0.4, 0.5) is 0 Å². The Morgan fingerprint density at radius 2 is 2.21 bits per heavy atom. The fourth-order valence-corrected chi connectivity index (χ4v) is 2.05. The molecule has 0 saturated heterocycles. The number of aryl methyl sites for hydroxylation is 2. The lowest BCUT2D eigenvalue weighted by Crippen LogP contribution is -2.21. The van der Waals surface area contributed by atoms with Crippen molar-refractivity contribution in [1.29, 1.82) is 0 Å². The fourth-order valence-electron chi connectivity index (χ4n) is 1.84. The largest absolute Gasteiger partial charge is 0.444 e. The van der Waals surface area contributed by atoms with Gasteiger partial charge in [0.25, 0.3) is 0 Å². The molecule has 98 valence electrons. The minimum Gasteiger partial charge on any atom is -0.444 e. The molecule has 0 radical (unpaired) electrons. The van der Waals surface area contributed by atoms with Gasteiger partial charge in [-0.15, -0.1) is 5.10 Å². The van der Waals surface area contributed by atoms with E-state index in [2.05, 4.69) is 10.1 Å². The maximum atomic E-state index is 12.1. The Kier molecular flexibility index (Phi) is 2.67. The number of aromatic nitrogens is 4. The smallest absolute Gasteiger partial charge is 0.350 e. The average Bonchev–Trinajstić information content (AvgIpc) is 2.84. The summed E-state index contributed by atoms with van der Waals surface area (Å²) in [5, 5.41) is 4.61. The molecular weight excluding hydrogens is 268 g/mol. The molecule has 0 atom stereocenters. The van der Waals surface area contributed by atoms with E-state index < -0.39 is 0 Å². The van der Waals surface area contributed by atoms with Crippen LogP contribution in [-0.2, 0) is 6.54 Å². The molecule has 0 unspecified atom stereocenters. The van der Waals surface area contributed by atoms with Crippen LogP contribution in [0.25, 0.3) is 5.65 Å². The third kappa shape index (κ3) is 1.94. The summed E-state index contributed by atoms with van der Waals surface area (Å²) in [4.78, 5) is 16.3. The summed E-state index contributed by atoms with van der Waals surface area (Å²) < 4.78 is 8.12. The average molecular weight is 279 g/mol. The molecule has 0 saturated carbocycles. The van der Waals surface area contributed by atoms with Gasteiger partial charge in [-0.05, 0) is 26.0 Å². The molecule has 0 aromatic carbocycles. The zero-order valence-corrected chi connectivity index (χ0v) is 11.2. The number of halogens is 1. The number of pyridine rings is 1. The van der Waals surface area contributed by atoms with Gasteiger partial charge in [-0.25, -0.2) is 18.9 Å². The molecule has 6 nitrogen and oxygen atoms in total. The van der Waals surface area contributed by atoms with Gasteiger partial charge in [0.15, 0.2) is 5.65 Å². The van der Waals surface area contributed by atoms with E-state index in [0.29, 0.717) is 16.6 Å². The molecule has 0 spiro atoms. The fraction of sp³-hybridized carbons (Fsp3) is 0.250. The van der Waals surface area contributed by atoms with Gasteiger partial charge < -0.3 is 4.42 Å². The van der Waals surface area contributed by atoms with Crippen LogP contribution in [0.2, 0.25) is 5.02 Å². The van der Waals surface area contributed by atoms with Gasteiger partial charge >= 0.3 is 5.69 Å². The third-order valence-electron chi connectivity index (χ3n) is 2.92. The molecule has 0 amide bonds. The van der Waals surface area contributed by atoms with Crippen LogP contribution < -0.4 is 5.69 Å². The van der Waals surface area contributed by atoms with Crippen molar-refractivity contribution < 1.29 is 4.42 Å². The molecule has 7 heteroatoms. The van der Waals surface area contributed by atoms with Gasteiger partial charge in [0, 0.05) is 6.20 Å². The van der Waals surface area contributed by atoms with Crippen molar-refractivity contribution in [1.82, 2.24) is 19.2 Å². The number of hydrogen-bond acceptors (Lipinski definition) is 4. The highest BCUT2D eigenvalue weighted by Gasteiger charge is 2.12. The van der Waals surface area contributed by atoms with E-state index in [0.717, 1.165) is 11.5 Å². The van der Waals surface area contributed by atoms with E-state index in [1.165, 1.54) is 9.08 Å². The number of oxazole rings is 1. The predicted molar refractivity (Wildman–Crippen MR) is 69.5 cm³/mol. The predicted octanol–water partition coefficient (Wildman–Crippen LogP) is 1.80. The Morgan fingerprint density at radius 1 is 1.42 bits per heavy atom. The van der Waals surface area contributed by atoms with Crippen molar-refractivity contribution in [3.63, 3.8) is 0 Å². The highest BCUT2D eigenvalue weighted by molar-refractivity contribution is 6.33. The lowest BCUT2D eigenvalue weighted by atomic mass is 10.4. The molecule has 19 heavy (non-hydrogen) atoms. The second kappa shape index (κ2) is 4.24. The van der Waals surface area contributed by atoms with Crippen molar-refractivity contribution in [3.05, 3.63) is 51.2 Å². The summed E-state index contributed by atoms with van der Waals surface area (Å²) in [5.74, 6) is 1.20. The lowest BCUT2D eigenvalue weighted by molar-refractivity contribution is 0.442. The number of nitrogens with zero attached hydrogens (tertiary/aromatic N) is 4. The van der Waals surface area contributed by atoms with Crippen molar-refractivity contribution in [3.8, 4) is 0 Å². The van der Waals surface area contributed by atoms with E-state index in [9.17, 15) is 4.79 Å². The normalized spacial score (nSPS) is 11.3. The van der Waals surface area contributed by atoms with E-state index in [1.807, 2.05) is 13.8 Å². The maximum Gasteiger partial charge on any atom is 0.350 e. The van der Waals surface area contributed by atoms with Gasteiger partial charge in [-0.3, -0.25) is 0 Å². The molecule has 3 aromatic rings. The molecular formula is C12H11ClN4O2. The van der Waals surface area contributed by atoms with E-state index >= 15 is 0 Å². The first-order valence-electron chi connectivity index (χ1n) is 5.73. The topological polar surface area (TPSA) is 65.3 Å². The number of rotatable bonds is 2. The second-order valence-electron chi connectivity index (χ2n) is 4.24. The van der Waals surface area contributed by atoms with Crippen LogP contribution in [-0.4, -0.2) is 19.2 Å². The Labute approximate surface area is 113 Å². The Balaban J connectivity index is 2.08. The van der Waals surface area contributed by atoms with Crippen LogP contribution in [0.1, 0.15) is 17.3 Å². The molecule has 0 N–H and O–H groups in total. The zero-order chi connectivity index (χ0) is 13.6. The second-order valence-corrected chi connectivity index (χ2v) is 4.65. The molecule has 3 aromatic heterocycles. The summed E-state index contributed by atoms with van der Waals surface area (Å²) in [7, 11) is 0. The molecule has 0 aliphatic rings. The van der Waals surface area contributed by atoms with Crippen LogP contribution in [0.3, 0.4) is 0 Å². The summed E-state index contributed by atoms with van der Waals surface area (Å²) in [6.07, 6.45) is 1.62. The molecule has 0 fully saturated rings. The summed E-state index contributed by atoms with van der Waals surface area (Å²) in [6, 6.07) is 3.38. The van der Waals surface area contributed by atoms with Crippen LogP contribution in [0.5, 0.6) is 0 Å². The number of fused-ring (bicyclic) bond motifs is 1. The Bertz CT molecular complexity index is 795. The lowest BCUT2D eigenvalue weighted by Gasteiger charge is -1.92. The van der Waals surface area contributed by atoms with Gasteiger partial charge in [0.05, 0.1) is 10.7 Å². The third-order valence-corrected chi connectivity index (χ3v) is 3.21. The highest BCUT2D eigenvalue weighted by Crippen LogP contribution is 2.13. The summed E-state index contributed by atoms with van der Waals surface area (Å²) >= 11 is 6.00. The van der Waals surface area contributed by atoms with Crippen molar-refractivity contribution in [2.45, 2.75) is 20.4 Å². The van der Waals surface area contributed by atoms with Gasteiger partial charge in [0.2, 0.25) is 5.89 Å². The molecule has 3 rings (SSSR count). The van der Waals surface area contributed by atoms with Gasteiger partial charge in [-0.2, -0.15) is 0 Å². The number of hydrogen-bond donors (Lipinski definition) is 0. The van der Waals surface area contributed by atoms with Crippen LogP contribution in [0.15, 0.2) is 27.5 Å². The minimum atomic E-state index is -0.272. The molecule has 0 aliphatic heterocycles. The van der Waals surface area contributed by atoms with Gasteiger partial charge in [-0.1, -0.05) is 11.6 Å². The highest BCUT2D eigenvalue weighted by atomic mass is 35.5. The minimum absolute atomic E-state index is 0.186. The SMILES string of the molecule is Cc1nc(Cn2nc3c(Cl)cccn3c2=O)oc1C. The monoisotopic (exact) mass is 278 g/mol. The Hall–Kier alpha value is -2.08. The van der Waals surface area contributed by atoms with Crippen molar-refractivity contribution in [2.24, 2.45) is 0 Å². The molecule has 0 aliphatic carbocycles. The Morgan fingerprint density at radius 3 is 2.84 bits per heavy atom. The first-order valence-corrected chi connectivity index (χ1v) is 6.10. The first kappa shape index (κ1) is 12.0. The van der Waals surface area contributed by atoms with E-state index in [4.69, 9.17) is 16.0 Å². The van der Waals surface area contributed by atoms with E-state index in [-0.39, 0.29) is 12.2 Å². The van der Waals surface area contributed by atoms with Crippen molar-refractivity contribution >= 4 is 17.2 Å². The summed E-state index contributed by atoms with van der Waals surface area (Å²) in [6.45, 7) is 3.87.